The molecule has 1 unspecified atom stereocenters. The lowest BCUT2D eigenvalue weighted by Gasteiger charge is -2.22. The Morgan fingerprint density at radius 1 is 1.42 bits per heavy atom. The molecule has 2 N–H and O–H groups in total. The first-order chi connectivity index (χ1) is 9.03. The molecule has 1 aromatic heterocycles. The summed E-state index contributed by atoms with van der Waals surface area (Å²) in [5.74, 6) is -0.386. The molecule has 0 bridgehead atoms. The van der Waals surface area contributed by atoms with Gasteiger partial charge in [-0.1, -0.05) is 18.2 Å². The van der Waals surface area contributed by atoms with E-state index in [0.717, 1.165) is 16.5 Å². The smallest absolute Gasteiger partial charge is 0.326 e. The molecule has 1 atom stereocenters. The fourth-order valence-electron chi connectivity index (χ4n) is 2.01. The van der Waals surface area contributed by atoms with Gasteiger partial charge in [0.1, 0.15) is 5.54 Å². The summed E-state index contributed by atoms with van der Waals surface area (Å²) in [6.45, 7) is 3.79. The highest BCUT2D eigenvalue weighted by atomic mass is 16.5. The molecule has 2 aromatic rings. The van der Waals surface area contributed by atoms with Crippen LogP contribution in [-0.4, -0.2) is 23.1 Å². The van der Waals surface area contributed by atoms with Crippen LogP contribution in [0.3, 0.4) is 0 Å². The lowest BCUT2D eigenvalue weighted by Crippen LogP contribution is -2.48. The van der Waals surface area contributed by atoms with Crippen LogP contribution >= 0.6 is 0 Å². The summed E-state index contributed by atoms with van der Waals surface area (Å²) < 4.78 is 4.98. The molecule has 0 aliphatic carbocycles. The van der Waals surface area contributed by atoms with Crippen molar-refractivity contribution in [3.8, 4) is 0 Å². The summed E-state index contributed by atoms with van der Waals surface area (Å²) in [6, 6.07) is 9.85. The van der Waals surface area contributed by atoms with E-state index in [9.17, 15) is 4.79 Å². The van der Waals surface area contributed by atoms with Gasteiger partial charge >= 0.3 is 5.97 Å². The second-order valence-electron chi connectivity index (χ2n) is 4.85. The zero-order valence-corrected chi connectivity index (χ0v) is 11.2. The molecular formula is C15H18N2O2. The Morgan fingerprint density at radius 2 is 2.16 bits per heavy atom. The van der Waals surface area contributed by atoms with Gasteiger partial charge in [0.05, 0.1) is 12.1 Å². The third kappa shape index (κ3) is 3.09. The van der Waals surface area contributed by atoms with Gasteiger partial charge in [-0.25, -0.2) is 0 Å². The van der Waals surface area contributed by atoms with Crippen LogP contribution in [0.5, 0.6) is 0 Å². The first-order valence-electron chi connectivity index (χ1n) is 6.32. The lowest BCUT2D eigenvalue weighted by atomic mass is 9.94. The van der Waals surface area contributed by atoms with Gasteiger partial charge in [0.15, 0.2) is 0 Å². The zero-order valence-electron chi connectivity index (χ0n) is 11.2. The highest BCUT2D eigenvalue weighted by Crippen LogP contribution is 2.17. The van der Waals surface area contributed by atoms with Crippen molar-refractivity contribution in [3.05, 3.63) is 42.1 Å². The van der Waals surface area contributed by atoms with Gasteiger partial charge < -0.3 is 10.5 Å². The van der Waals surface area contributed by atoms with Crippen molar-refractivity contribution in [3.63, 3.8) is 0 Å². The average Bonchev–Trinajstić information content (AvgIpc) is 2.38. The molecule has 1 aromatic carbocycles. The van der Waals surface area contributed by atoms with E-state index in [4.69, 9.17) is 10.5 Å². The number of hydrogen-bond acceptors (Lipinski definition) is 4. The van der Waals surface area contributed by atoms with Crippen LogP contribution in [-0.2, 0) is 16.0 Å². The molecule has 0 aliphatic rings. The summed E-state index contributed by atoms with van der Waals surface area (Å²) >= 11 is 0. The van der Waals surface area contributed by atoms with E-state index in [1.807, 2.05) is 30.3 Å². The molecule has 0 amide bonds. The van der Waals surface area contributed by atoms with Crippen molar-refractivity contribution in [1.29, 1.82) is 0 Å². The molecule has 1 heterocycles. The number of fused-ring (bicyclic) bond motifs is 1. The first-order valence-corrected chi connectivity index (χ1v) is 6.32. The highest BCUT2D eigenvalue weighted by Gasteiger charge is 2.30. The van der Waals surface area contributed by atoms with Crippen molar-refractivity contribution in [2.75, 3.05) is 6.61 Å². The molecule has 0 saturated heterocycles. The average molecular weight is 258 g/mol. The molecule has 4 nitrogen and oxygen atoms in total. The third-order valence-electron chi connectivity index (χ3n) is 2.96. The Kier molecular flexibility index (Phi) is 3.81. The van der Waals surface area contributed by atoms with Crippen molar-refractivity contribution in [2.24, 2.45) is 5.73 Å². The number of aromatic nitrogens is 1. The molecule has 2 rings (SSSR count). The van der Waals surface area contributed by atoms with E-state index in [1.165, 1.54) is 0 Å². The molecule has 4 heteroatoms. The number of hydrogen-bond donors (Lipinski definition) is 1. The predicted octanol–water partition coefficient (Wildman–Crippen LogP) is 2.06. The van der Waals surface area contributed by atoms with E-state index < -0.39 is 5.54 Å². The van der Waals surface area contributed by atoms with E-state index >= 15 is 0 Å². The van der Waals surface area contributed by atoms with Gasteiger partial charge in [-0.3, -0.25) is 9.78 Å². The second-order valence-corrected chi connectivity index (χ2v) is 4.85. The van der Waals surface area contributed by atoms with Gasteiger partial charge in [0.25, 0.3) is 0 Å². The number of carbonyl (C=O) groups excluding carboxylic acids is 1. The number of rotatable bonds is 4. The topological polar surface area (TPSA) is 65.2 Å². The normalized spacial score (nSPS) is 14.1. The minimum Gasteiger partial charge on any atom is -0.465 e. The van der Waals surface area contributed by atoms with E-state index in [-0.39, 0.29) is 5.97 Å². The van der Waals surface area contributed by atoms with Crippen molar-refractivity contribution in [1.82, 2.24) is 4.98 Å². The third-order valence-corrected chi connectivity index (χ3v) is 2.96. The molecule has 0 fully saturated rings. The minimum atomic E-state index is -1.03. The van der Waals surface area contributed by atoms with Crippen LogP contribution in [0.1, 0.15) is 19.4 Å². The first kappa shape index (κ1) is 13.5. The van der Waals surface area contributed by atoms with Crippen LogP contribution in [0.15, 0.2) is 36.5 Å². The van der Waals surface area contributed by atoms with Crippen LogP contribution in [0, 0.1) is 0 Å². The minimum absolute atomic E-state index is 0.335. The number of para-hydroxylation sites is 1. The van der Waals surface area contributed by atoms with E-state index in [1.54, 1.807) is 20.0 Å². The Bertz CT molecular complexity index is 593. The number of ether oxygens (including phenoxy) is 1. The van der Waals surface area contributed by atoms with Gasteiger partial charge in [-0.2, -0.15) is 0 Å². The van der Waals surface area contributed by atoms with Crippen LogP contribution < -0.4 is 5.73 Å². The Balaban J connectivity index is 2.23. The fraction of sp³-hybridized carbons (Fsp3) is 0.333. The second kappa shape index (κ2) is 5.36. The summed E-state index contributed by atoms with van der Waals surface area (Å²) in [5.41, 5.74) is 6.85. The van der Waals surface area contributed by atoms with Gasteiger partial charge in [0, 0.05) is 18.0 Å². The Labute approximate surface area is 112 Å². The molecule has 0 radical (unpaired) electrons. The maximum atomic E-state index is 11.8. The molecule has 0 saturated carbocycles. The number of esters is 1. The number of nitrogens with two attached hydrogens (primary N) is 1. The summed E-state index contributed by atoms with van der Waals surface area (Å²) in [4.78, 5) is 16.1. The molecule has 100 valence electrons. The van der Waals surface area contributed by atoms with E-state index in [2.05, 4.69) is 4.98 Å². The quantitative estimate of drug-likeness (QED) is 0.852. The van der Waals surface area contributed by atoms with Gasteiger partial charge in [-0.15, -0.1) is 0 Å². The van der Waals surface area contributed by atoms with Gasteiger partial charge in [0.2, 0.25) is 0 Å². The van der Waals surface area contributed by atoms with Crippen molar-refractivity contribution in [2.45, 2.75) is 25.8 Å². The fourth-order valence-corrected chi connectivity index (χ4v) is 2.01. The summed E-state index contributed by atoms with van der Waals surface area (Å²) in [5, 5.41) is 1.04. The maximum absolute atomic E-state index is 11.8. The number of pyridine rings is 1. The standard InChI is InChI=1S/C15H18N2O2/c1-3-19-14(18)15(2,16)9-11-8-12-6-4-5-7-13(12)17-10-11/h4-8,10H,3,9,16H2,1-2H3. The maximum Gasteiger partial charge on any atom is 0.326 e. The number of benzene rings is 1. The monoisotopic (exact) mass is 258 g/mol. The molecule has 0 aliphatic heterocycles. The highest BCUT2D eigenvalue weighted by molar-refractivity contribution is 5.81. The molecule has 0 spiro atoms. The van der Waals surface area contributed by atoms with Gasteiger partial charge in [-0.05, 0) is 31.5 Å². The Hall–Kier alpha value is -1.94. The number of carbonyl (C=O) groups is 1. The largest absolute Gasteiger partial charge is 0.465 e. The predicted molar refractivity (Wildman–Crippen MR) is 74.7 cm³/mol. The van der Waals surface area contributed by atoms with Crippen molar-refractivity contribution < 1.29 is 9.53 Å². The lowest BCUT2D eigenvalue weighted by molar-refractivity contribution is -0.148. The van der Waals surface area contributed by atoms with Crippen LogP contribution in [0.4, 0.5) is 0 Å². The Morgan fingerprint density at radius 3 is 2.89 bits per heavy atom. The van der Waals surface area contributed by atoms with E-state index in [0.29, 0.717) is 13.0 Å². The summed E-state index contributed by atoms with van der Waals surface area (Å²) in [7, 11) is 0. The molecule has 19 heavy (non-hydrogen) atoms. The number of nitrogens with zero attached hydrogens (tertiary/aromatic N) is 1. The SMILES string of the molecule is CCOC(=O)C(C)(N)Cc1cnc2ccccc2c1. The van der Waals surface area contributed by atoms with Crippen LogP contribution in [0.25, 0.3) is 10.9 Å². The summed E-state index contributed by atoms with van der Waals surface area (Å²) in [6.07, 6.45) is 2.16. The van der Waals surface area contributed by atoms with Crippen molar-refractivity contribution >= 4 is 16.9 Å². The van der Waals surface area contributed by atoms with Crippen LogP contribution in [0.2, 0.25) is 0 Å². The zero-order chi connectivity index (χ0) is 13.9. The molecular weight excluding hydrogens is 240 g/mol.